The van der Waals surface area contributed by atoms with E-state index in [4.69, 9.17) is 4.74 Å². The number of aryl methyl sites for hydroxylation is 2. The summed E-state index contributed by atoms with van der Waals surface area (Å²) in [6, 6.07) is 4.34. The molecule has 8 nitrogen and oxygen atoms in total. The van der Waals surface area contributed by atoms with Crippen LogP contribution >= 0.6 is 0 Å². The van der Waals surface area contributed by atoms with Crippen molar-refractivity contribution in [1.82, 2.24) is 9.80 Å². The van der Waals surface area contributed by atoms with Gasteiger partial charge in [0.2, 0.25) is 11.8 Å². The lowest BCUT2D eigenvalue weighted by Crippen LogP contribution is -2.59. The van der Waals surface area contributed by atoms with Crippen molar-refractivity contribution in [2.24, 2.45) is 11.8 Å². The molecule has 1 spiro atoms. The van der Waals surface area contributed by atoms with Crippen LogP contribution in [0.4, 0.5) is 5.69 Å². The first-order chi connectivity index (χ1) is 19.6. The van der Waals surface area contributed by atoms with Crippen LogP contribution in [-0.4, -0.2) is 82.2 Å². The second kappa shape index (κ2) is 12.1. The lowest BCUT2D eigenvalue weighted by Gasteiger charge is -2.40. The maximum Gasteiger partial charge on any atom is 0.253 e. The predicted molar refractivity (Wildman–Crippen MR) is 160 cm³/mol. The van der Waals surface area contributed by atoms with E-state index >= 15 is 0 Å². The zero-order chi connectivity index (χ0) is 30.1. The van der Waals surface area contributed by atoms with E-state index in [2.05, 4.69) is 13.2 Å². The largest absolute Gasteiger partial charge is 0.394 e. The number of benzene rings is 1. The first kappa shape index (κ1) is 31.0. The number of anilines is 1. The number of nitrogens with zero attached hydrogens (tertiary/aromatic N) is 3. The van der Waals surface area contributed by atoms with Gasteiger partial charge in [-0.3, -0.25) is 14.4 Å². The van der Waals surface area contributed by atoms with Crippen LogP contribution in [0.2, 0.25) is 0 Å². The third-order valence-corrected chi connectivity index (χ3v) is 9.64. The Bertz CT molecular complexity index is 1180. The van der Waals surface area contributed by atoms with Gasteiger partial charge in [-0.1, -0.05) is 51.1 Å². The van der Waals surface area contributed by atoms with Crippen molar-refractivity contribution in [3.05, 3.63) is 54.6 Å². The van der Waals surface area contributed by atoms with E-state index in [1.54, 1.807) is 26.9 Å². The molecule has 0 aromatic heterocycles. The lowest BCUT2D eigenvalue weighted by molar-refractivity contribution is -0.153. The number of ether oxygens (including phenoxy) is 1. The molecule has 41 heavy (non-hydrogen) atoms. The van der Waals surface area contributed by atoms with Crippen molar-refractivity contribution in [3.63, 3.8) is 0 Å². The zero-order valence-electron chi connectivity index (χ0n) is 25.4. The second-order valence-corrected chi connectivity index (χ2v) is 11.9. The molecule has 1 aromatic carbocycles. The summed E-state index contributed by atoms with van der Waals surface area (Å²) in [6.07, 6.45) is 6.30. The van der Waals surface area contributed by atoms with Gasteiger partial charge in [-0.25, -0.2) is 0 Å². The quantitative estimate of drug-likeness (QED) is 0.363. The summed E-state index contributed by atoms with van der Waals surface area (Å²) in [5, 5.41) is 10.4. The summed E-state index contributed by atoms with van der Waals surface area (Å²) < 4.78 is 6.97. The van der Waals surface area contributed by atoms with Crippen molar-refractivity contribution in [2.45, 2.75) is 90.0 Å². The Balaban J connectivity index is 1.90. The minimum Gasteiger partial charge on any atom is -0.394 e. The molecule has 2 unspecified atom stereocenters. The maximum absolute atomic E-state index is 14.9. The highest BCUT2D eigenvalue weighted by Gasteiger charge is 2.79. The SMILES string of the molecule is C=CCN(CCC)C(=O)[C@H]1[C@H]2C(=O)N([C@@H](CC)CO)C(C(=O)N(CC=C)c3c(C)cccc3C)C23CC[C@]1(CC)O3. The number of hydrogen-bond donors (Lipinski definition) is 1. The van der Waals surface area contributed by atoms with Gasteiger partial charge in [-0.05, 0) is 57.1 Å². The van der Waals surface area contributed by atoms with Crippen LogP contribution in [0.25, 0.3) is 0 Å². The average molecular weight is 566 g/mol. The highest BCUT2D eigenvalue weighted by Crippen LogP contribution is 2.65. The number of carbonyl (C=O) groups excluding carboxylic acids is 3. The molecule has 1 N–H and O–H groups in total. The fourth-order valence-corrected chi connectivity index (χ4v) is 7.83. The first-order valence-corrected chi connectivity index (χ1v) is 15.1. The van der Waals surface area contributed by atoms with Crippen LogP contribution in [0.1, 0.15) is 64.0 Å². The number of aliphatic hydroxyl groups excluding tert-OH is 1. The normalized spacial score (nSPS) is 28.9. The van der Waals surface area contributed by atoms with Crippen molar-refractivity contribution in [1.29, 1.82) is 0 Å². The van der Waals surface area contributed by atoms with E-state index in [9.17, 15) is 19.5 Å². The van der Waals surface area contributed by atoms with Crippen LogP contribution < -0.4 is 4.90 Å². The van der Waals surface area contributed by atoms with Gasteiger partial charge in [-0.2, -0.15) is 0 Å². The Hall–Kier alpha value is -2.97. The van der Waals surface area contributed by atoms with Crippen LogP contribution in [0, 0.1) is 25.7 Å². The van der Waals surface area contributed by atoms with Gasteiger partial charge >= 0.3 is 0 Å². The first-order valence-electron chi connectivity index (χ1n) is 15.1. The van der Waals surface area contributed by atoms with Crippen molar-refractivity contribution < 1.29 is 24.2 Å². The monoisotopic (exact) mass is 565 g/mol. The number of carbonyl (C=O) groups is 3. The number of fused-ring (bicyclic) bond motifs is 1. The number of aliphatic hydroxyl groups is 1. The van der Waals surface area contributed by atoms with E-state index in [0.29, 0.717) is 38.8 Å². The summed E-state index contributed by atoms with van der Waals surface area (Å²) >= 11 is 0. The molecule has 3 saturated heterocycles. The van der Waals surface area contributed by atoms with Crippen molar-refractivity contribution in [3.8, 4) is 0 Å². The van der Waals surface area contributed by atoms with Crippen LogP contribution in [0.15, 0.2) is 43.5 Å². The smallest absolute Gasteiger partial charge is 0.253 e. The molecule has 0 aliphatic carbocycles. The molecule has 3 aliphatic rings. The maximum atomic E-state index is 14.9. The number of likely N-dealkylation sites (tertiary alicyclic amines) is 1. The van der Waals surface area contributed by atoms with Gasteiger partial charge in [0.05, 0.1) is 30.1 Å². The van der Waals surface area contributed by atoms with Crippen molar-refractivity contribution in [2.75, 3.05) is 31.1 Å². The fourth-order valence-electron chi connectivity index (χ4n) is 7.83. The molecule has 3 heterocycles. The number of rotatable bonds is 13. The number of hydrogen-bond acceptors (Lipinski definition) is 5. The Kier molecular flexibility index (Phi) is 9.14. The number of amides is 3. The molecule has 3 amide bonds. The number of para-hydroxylation sites is 1. The van der Waals surface area contributed by atoms with E-state index in [0.717, 1.165) is 23.2 Å². The van der Waals surface area contributed by atoms with Crippen LogP contribution in [0.5, 0.6) is 0 Å². The van der Waals surface area contributed by atoms with E-state index < -0.39 is 35.1 Å². The van der Waals surface area contributed by atoms with Gasteiger partial charge in [0.25, 0.3) is 5.91 Å². The Morgan fingerprint density at radius 3 is 2.32 bits per heavy atom. The van der Waals surface area contributed by atoms with Gasteiger partial charge in [0.15, 0.2) is 0 Å². The Morgan fingerprint density at radius 2 is 1.78 bits per heavy atom. The molecule has 3 fully saturated rings. The predicted octanol–water partition coefficient (Wildman–Crippen LogP) is 4.17. The fraction of sp³-hybridized carbons (Fsp3) is 0.606. The molecule has 0 radical (unpaired) electrons. The third-order valence-electron chi connectivity index (χ3n) is 9.64. The molecular weight excluding hydrogens is 518 g/mol. The van der Waals surface area contributed by atoms with Gasteiger partial charge in [0.1, 0.15) is 11.6 Å². The molecule has 0 saturated carbocycles. The topological polar surface area (TPSA) is 90.4 Å². The third kappa shape index (κ3) is 4.73. The second-order valence-electron chi connectivity index (χ2n) is 11.9. The van der Waals surface area contributed by atoms with Crippen LogP contribution in [0.3, 0.4) is 0 Å². The minimum atomic E-state index is -1.16. The molecule has 2 bridgehead atoms. The molecule has 224 valence electrons. The van der Waals surface area contributed by atoms with Crippen molar-refractivity contribution >= 4 is 23.4 Å². The van der Waals surface area contributed by atoms with E-state index in [-0.39, 0.29) is 30.9 Å². The zero-order valence-corrected chi connectivity index (χ0v) is 25.4. The Morgan fingerprint density at radius 1 is 1.12 bits per heavy atom. The molecule has 4 rings (SSSR count). The lowest BCUT2D eigenvalue weighted by atomic mass is 9.64. The highest BCUT2D eigenvalue weighted by molar-refractivity contribution is 6.06. The van der Waals surface area contributed by atoms with Gasteiger partial charge in [0, 0.05) is 25.3 Å². The summed E-state index contributed by atoms with van der Waals surface area (Å²) in [4.78, 5) is 48.8. The van der Waals surface area contributed by atoms with Gasteiger partial charge in [-0.15, -0.1) is 13.2 Å². The summed E-state index contributed by atoms with van der Waals surface area (Å²) in [5.74, 6) is -2.15. The summed E-state index contributed by atoms with van der Waals surface area (Å²) in [5.41, 5.74) is 0.683. The van der Waals surface area contributed by atoms with Crippen LogP contribution in [-0.2, 0) is 19.1 Å². The molecule has 1 aromatic rings. The average Bonchev–Trinajstić information content (AvgIpc) is 3.56. The Labute approximate surface area is 245 Å². The van der Waals surface area contributed by atoms with Gasteiger partial charge < -0.3 is 24.5 Å². The molecule has 8 heteroatoms. The highest BCUT2D eigenvalue weighted by atomic mass is 16.5. The van der Waals surface area contributed by atoms with E-state index in [1.165, 1.54) is 0 Å². The minimum absolute atomic E-state index is 0.115. The molecule has 6 atom stereocenters. The molecule has 3 aliphatic heterocycles. The summed E-state index contributed by atoms with van der Waals surface area (Å²) in [6.45, 7) is 18.5. The molecular formula is C33H47N3O5. The summed E-state index contributed by atoms with van der Waals surface area (Å²) in [7, 11) is 0. The van der Waals surface area contributed by atoms with E-state index in [1.807, 2.05) is 52.8 Å². The standard InChI is InChI=1S/C33H47N3O5/c1-8-18-34(19-9-2)29(38)25-26-30(39)36(24(11-4)21-37)28(33(26)17-16-32(25,12-5)41-33)31(40)35(20-10-3)27-22(6)14-13-15-23(27)7/h8,10,13-15,24-26,28,37H,1,3,9,11-12,16-21H2,2,4-7H3/t24-,25+,26-,28?,32-,33?/m0/s1.